The van der Waals surface area contributed by atoms with Gasteiger partial charge in [0.25, 0.3) is 0 Å². The summed E-state index contributed by atoms with van der Waals surface area (Å²) in [6.07, 6.45) is 1.61. The van der Waals surface area contributed by atoms with Crippen LogP contribution in [0.2, 0.25) is 0 Å². The van der Waals surface area contributed by atoms with Gasteiger partial charge in [0, 0.05) is 25.0 Å². The van der Waals surface area contributed by atoms with Gasteiger partial charge in [-0.05, 0) is 19.8 Å². The van der Waals surface area contributed by atoms with Gasteiger partial charge in [0.15, 0.2) is 0 Å². The summed E-state index contributed by atoms with van der Waals surface area (Å²) in [5, 5.41) is 9.49. The molecule has 3 atom stereocenters. The quantitative estimate of drug-likeness (QED) is 0.671. The zero-order chi connectivity index (χ0) is 10.7. The van der Waals surface area contributed by atoms with Crippen molar-refractivity contribution < 1.29 is 9.90 Å². The van der Waals surface area contributed by atoms with Gasteiger partial charge in [0.05, 0.1) is 6.10 Å². The van der Waals surface area contributed by atoms with Crippen LogP contribution in [0.1, 0.15) is 26.7 Å². The summed E-state index contributed by atoms with van der Waals surface area (Å²) in [6.45, 7) is 5.28. The van der Waals surface area contributed by atoms with E-state index in [2.05, 4.69) is 11.8 Å². The molecule has 0 aromatic carbocycles. The lowest BCUT2D eigenvalue weighted by Crippen LogP contribution is -2.47. The SMILES string of the molecule is CC(CN1CC(O)CCC1C)C(N)=O. The van der Waals surface area contributed by atoms with Gasteiger partial charge >= 0.3 is 0 Å². The average Bonchev–Trinajstić information content (AvgIpc) is 2.11. The van der Waals surface area contributed by atoms with Crippen LogP contribution in [0.15, 0.2) is 0 Å². The molecule has 0 aliphatic carbocycles. The van der Waals surface area contributed by atoms with Gasteiger partial charge < -0.3 is 10.8 Å². The van der Waals surface area contributed by atoms with Crippen LogP contribution in [-0.2, 0) is 4.79 Å². The summed E-state index contributed by atoms with van der Waals surface area (Å²) < 4.78 is 0. The lowest BCUT2D eigenvalue weighted by atomic mass is 9.99. The fraction of sp³-hybridized carbons (Fsp3) is 0.900. The Balaban J connectivity index is 2.45. The Morgan fingerprint density at radius 1 is 1.64 bits per heavy atom. The molecular formula is C10H20N2O2. The van der Waals surface area contributed by atoms with E-state index in [-0.39, 0.29) is 17.9 Å². The van der Waals surface area contributed by atoms with Gasteiger partial charge in [-0.1, -0.05) is 6.92 Å². The summed E-state index contributed by atoms with van der Waals surface area (Å²) in [4.78, 5) is 13.0. The minimum Gasteiger partial charge on any atom is -0.392 e. The first-order valence-corrected chi connectivity index (χ1v) is 5.22. The van der Waals surface area contributed by atoms with Crippen LogP contribution in [0.3, 0.4) is 0 Å². The molecule has 14 heavy (non-hydrogen) atoms. The van der Waals surface area contributed by atoms with Gasteiger partial charge in [-0.15, -0.1) is 0 Å². The fourth-order valence-electron chi connectivity index (χ4n) is 1.85. The summed E-state index contributed by atoms with van der Waals surface area (Å²) in [5.41, 5.74) is 5.21. The second-order valence-electron chi connectivity index (χ2n) is 4.34. The van der Waals surface area contributed by atoms with Gasteiger partial charge in [-0.2, -0.15) is 0 Å². The molecule has 1 aliphatic heterocycles. The third-order valence-electron chi connectivity index (χ3n) is 2.98. The lowest BCUT2D eigenvalue weighted by Gasteiger charge is -2.36. The van der Waals surface area contributed by atoms with Crippen molar-refractivity contribution >= 4 is 5.91 Å². The van der Waals surface area contributed by atoms with E-state index >= 15 is 0 Å². The first kappa shape index (κ1) is 11.5. The van der Waals surface area contributed by atoms with Crippen LogP contribution >= 0.6 is 0 Å². The van der Waals surface area contributed by atoms with Crippen LogP contribution in [0.5, 0.6) is 0 Å². The van der Waals surface area contributed by atoms with Crippen molar-refractivity contribution in [2.75, 3.05) is 13.1 Å². The Morgan fingerprint density at radius 2 is 2.29 bits per heavy atom. The molecule has 0 radical (unpaired) electrons. The number of carbonyl (C=O) groups excluding carboxylic acids is 1. The maximum Gasteiger partial charge on any atom is 0.221 e. The van der Waals surface area contributed by atoms with E-state index in [1.165, 1.54) is 0 Å². The van der Waals surface area contributed by atoms with Crippen LogP contribution < -0.4 is 5.73 Å². The summed E-state index contributed by atoms with van der Waals surface area (Å²) in [7, 11) is 0. The number of rotatable bonds is 3. The fourth-order valence-corrected chi connectivity index (χ4v) is 1.85. The second kappa shape index (κ2) is 4.75. The summed E-state index contributed by atoms with van der Waals surface area (Å²) in [5.74, 6) is -0.403. The zero-order valence-electron chi connectivity index (χ0n) is 8.94. The van der Waals surface area contributed by atoms with Gasteiger partial charge in [-0.25, -0.2) is 0 Å². The van der Waals surface area contributed by atoms with Gasteiger partial charge in [-0.3, -0.25) is 9.69 Å². The molecule has 1 aliphatic rings. The summed E-state index contributed by atoms with van der Waals surface area (Å²) in [6, 6.07) is 0.445. The van der Waals surface area contributed by atoms with Crippen molar-refractivity contribution in [2.24, 2.45) is 11.7 Å². The van der Waals surface area contributed by atoms with Crippen molar-refractivity contribution in [1.82, 2.24) is 4.90 Å². The maximum atomic E-state index is 10.9. The number of hydrogen-bond donors (Lipinski definition) is 2. The molecule has 1 amide bonds. The average molecular weight is 200 g/mol. The van der Waals surface area contributed by atoms with E-state index in [9.17, 15) is 9.90 Å². The molecule has 82 valence electrons. The van der Waals surface area contributed by atoms with E-state index in [1.807, 2.05) is 6.92 Å². The monoisotopic (exact) mass is 200 g/mol. The number of aliphatic hydroxyl groups is 1. The second-order valence-corrected chi connectivity index (χ2v) is 4.34. The number of likely N-dealkylation sites (tertiary alicyclic amines) is 1. The third kappa shape index (κ3) is 2.96. The minimum absolute atomic E-state index is 0.136. The Labute approximate surface area is 85.1 Å². The number of hydrogen-bond acceptors (Lipinski definition) is 3. The predicted octanol–water partition coefficient (Wildman–Crippen LogP) is -0.0470. The Bertz CT molecular complexity index is 208. The normalized spacial score (nSPS) is 31.4. The molecular weight excluding hydrogens is 180 g/mol. The Kier molecular flexibility index (Phi) is 3.89. The van der Waals surface area contributed by atoms with E-state index in [4.69, 9.17) is 5.73 Å². The van der Waals surface area contributed by atoms with Crippen LogP contribution in [0, 0.1) is 5.92 Å². The maximum absolute atomic E-state index is 10.9. The third-order valence-corrected chi connectivity index (χ3v) is 2.98. The van der Waals surface area contributed by atoms with Gasteiger partial charge in [0.2, 0.25) is 5.91 Å². The van der Waals surface area contributed by atoms with Crippen LogP contribution in [0.25, 0.3) is 0 Å². The molecule has 1 saturated heterocycles. The largest absolute Gasteiger partial charge is 0.392 e. The summed E-state index contributed by atoms with van der Waals surface area (Å²) >= 11 is 0. The first-order chi connectivity index (χ1) is 6.50. The molecule has 0 aromatic heterocycles. The molecule has 0 saturated carbocycles. The standard InChI is InChI=1S/C10H20N2O2/c1-7(10(11)14)5-12-6-9(13)4-3-8(12)2/h7-9,13H,3-6H2,1-2H3,(H2,11,14). The highest BCUT2D eigenvalue weighted by molar-refractivity contribution is 5.76. The highest BCUT2D eigenvalue weighted by Gasteiger charge is 2.26. The molecule has 0 bridgehead atoms. The van der Waals surface area contributed by atoms with Crippen molar-refractivity contribution in [2.45, 2.75) is 38.8 Å². The van der Waals surface area contributed by atoms with Crippen LogP contribution in [0.4, 0.5) is 0 Å². The van der Waals surface area contributed by atoms with E-state index in [0.29, 0.717) is 19.1 Å². The molecule has 0 spiro atoms. The van der Waals surface area contributed by atoms with E-state index in [0.717, 1.165) is 12.8 Å². The molecule has 1 rings (SSSR count). The Hall–Kier alpha value is -0.610. The molecule has 4 heteroatoms. The lowest BCUT2D eigenvalue weighted by molar-refractivity contribution is -0.122. The number of carbonyl (C=O) groups is 1. The van der Waals surface area contributed by atoms with E-state index in [1.54, 1.807) is 0 Å². The number of nitrogens with zero attached hydrogens (tertiary/aromatic N) is 1. The number of aliphatic hydroxyl groups excluding tert-OH is 1. The zero-order valence-corrected chi connectivity index (χ0v) is 8.94. The Morgan fingerprint density at radius 3 is 2.86 bits per heavy atom. The number of primary amides is 1. The predicted molar refractivity (Wildman–Crippen MR) is 54.6 cm³/mol. The molecule has 1 fully saturated rings. The number of nitrogens with two attached hydrogens (primary N) is 1. The molecule has 4 nitrogen and oxygen atoms in total. The van der Waals surface area contributed by atoms with E-state index < -0.39 is 0 Å². The highest BCUT2D eigenvalue weighted by atomic mass is 16.3. The van der Waals surface area contributed by atoms with Crippen molar-refractivity contribution in [3.8, 4) is 0 Å². The van der Waals surface area contributed by atoms with Crippen molar-refractivity contribution in [3.63, 3.8) is 0 Å². The number of amides is 1. The van der Waals surface area contributed by atoms with Crippen molar-refractivity contribution in [3.05, 3.63) is 0 Å². The highest BCUT2D eigenvalue weighted by Crippen LogP contribution is 2.18. The van der Waals surface area contributed by atoms with Crippen LogP contribution in [-0.4, -0.2) is 41.1 Å². The molecule has 1 heterocycles. The first-order valence-electron chi connectivity index (χ1n) is 5.22. The molecule has 3 unspecified atom stereocenters. The molecule has 3 N–H and O–H groups in total. The number of β-amino-alcohol motifs (C(OH)–C–C–N with tert-alkyl or cyclic N) is 1. The number of piperidine rings is 1. The smallest absolute Gasteiger partial charge is 0.221 e. The van der Waals surface area contributed by atoms with Gasteiger partial charge in [0.1, 0.15) is 0 Å². The van der Waals surface area contributed by atoms with Crippen molar-refractivity contribution in [1.29, 1.82) is 0 Å². The minimum atomic E-state index is -0.266. The topological polar surface area (TPSA) is 66.6 Å². The molecule has 0 aromatic rings.